The second-order valence-electron chi connectivity index (χ2n) is 6.89. The molecule has 1 aliphatic rings. The molecule has 1 amide bonds. The molecular formula is C18H20ClNO3. The first-order chi connectivity index (χ1) is 10.8. The minimum absolute atomic E-state index is 0.0484. The van der Waals surface area contributed by atoms with Crippen molar-refractivity contribution < 1.29 is 14.3 Å². The average Bonchev–Trinajstić information content (AvgIpc) is 2.77. The summed E-state index contributed by atoms with van der Waals surface area (Å²) in [7, 11) is 0. The summed E-state index contributed by atoms with van der Waals surface area (Å²) in [6, 6.07) is 7.04. The van der Waals surface area contributed by atoms with Crippen LogP contribution < -0.4 is 5.32 Å². The Bertz CT molecular complexity index is 764. The lowest BCUT2D eigenvalue weighted by molar-refractivity contribution is 0.0910. The second-order valence-corrected chi connectivity index (χ2v) is 7.30. The van der Waals surface area contributed by atoms with Crippen molar-refractivity contribution >= 4 is 23.2 Å². The molecular weight excluding hydrogens is 314 g/mol. The van der Waals surface area contributed by atoms with E-state index in [0.717, 1.165) is 5.56 Å². The van der Waals surface area contributed by atoms with Gasteiger partial charge in [-0.25, -0.2) is 0 Å². The van der Waals surface area contributed by atoms with Gasteiger partial charge < -0.3 is 14.8 Å². The highest BCUT2D eigenvalue weighted by atomic mass is 35.5. The van der Waals surface area contributed by atoms with Crippen LogP contribution in [0.4, 0.5) is 5.69 Å². The van der Waals surface area contributed by atoms with Crippen LogP contribution in [-0.4, -0.2) is 11.0 Å². The summed E-state index contributed by atoms with van der Waals surface area (Å²) in [5, 5.41) is 13.6. The van der Waals surface area contributed by atoms with Gasteiger partial charge in [0.2, 0.25) is 0 Å². The molecule has 1 atom stereocenters. The highest BCUT2D eigenvalue weighted by Crippen LogP contribution is 2.44. The Morgan fingerprint density at radius 1 is 1.39 bits per heavy atom. The molecule has 5 heteroatoms. The molecule has 1 aliphatic carbocycles. The predicted octanol–water partition coefficient (Wildman–Crippen LogP) is 4.50. The van der Waals surface area contributed by atoms with Crippen molar-refractivity contribution in [2.45, 2.75) is 39.7 Å². The van der Waals surface area contributed by atoms with Gasteiger partial charge in [-0.15, -0.1) is 0 Å². The lowest BCUT2D eigenvalue weighted by Crippen LogP contribution is -2.24. The van der Waals surface area contributed by atoms with Gasteiger partial charge in [-0.2, -0.15) is 0 Å². The smallest absolute Gasteiger partial charge is 0.291 e. The third-order valence-electron chi connectivity index (χ3n) is 4.32. The first-order valence-corrected chi connectivity index (χ1v) is 8.02. The first kappa shape index (κ1) is 16.1. The molecule has 0 fully saturated rings. The number of para-hydroxylation sites is 1. The molecule has 0 spiro atoms. The molecule has 2 N–H and O–H groups in total. The van der Waals surface area contributed by atoms with E-state index < -0.39 is 6.10 Å². The van der Waals surface area contributed by atoms with Crippen LogP contribution in [0, 0.1) is 12.3 Å². The number of carbonyl (C=O) groups excluding carboxylic acids is 1. The summed E-state index contributed by atoms with van der Waals surface area (Å²) in [6.07, 6.45) is 0.769. The molecule has 3 rings (SSSR count). The monoisotopic (exact) mass is 333 g/mol. The number of hydrogen-bond donors (Lipinski definition) is 2. The molecule has 4 nitrogen and oxygen atoms in total. The summed E-state index contributed by atoms with van der Waals surface area (Å²) < 4.78 is 5.80. The van der Waals surface area contributed by atoms with E-state index in [1.54, 1.807) is 24.3 Å². The minimum Gasteiger partial charge on any atom is -0.455 e. The minimum atomic E-state index is -0.598. The molecule has 1 aromatic heterocycles. The molecule has 1 heterocycles. The van der Waals surface area contributed by atoms with Gasteiger partial charge in [0.1, 0.15) is 5.76 Å². The summed E-state index contributed by atoms with van der Waals surface area (Å²) in [6.45, 7) is 5.98. The molecule has 1 aromatic carbocycles. The maximum atomic E-state index is 12.5. The number of aliphatic hydroxyl groups is 1. The van der Waals surface area contributed by atoms with Crippen LogP contribution in [0.15, 0.2) is 28.7 Å². The Labute approximate surface area is 140 Å². The Hall–Kier alpha value is -1.78. The number of rotatable bonds is 2. The number of furan rings is 1. The van der Waals surface area contributed by atoms with Gasteiger partial charge in [-0.3, -0.25) is 4.79 Å². The predicted molar refractivity (Wildman–Crippen MR) is 89.9 cm³/mol. The fourth-order valence-electron chi connectivity index (χ4n) is 3.24. The van der Waals surface area contributed by atoms with E-state index in [1.807, 2.05) is 6.92 Å². The summed E-state index contributed by atoms with van der Waals surface area (Å²) in [5.41, 5.74) is 1.95. The Balaban J connectivity index is 1.93. The van der Waals surface area contributed by atoms with E-state index in [2.05, 4.69) is 19.2 Å². The fraction of sp³-hybridized carbons (Fsp3) is 0.389. The number of halogens is 1. The van der Waals surface area contributed by atoms with Crippen molar-refractivity contribution in [1.29, 1.82) is 0 Å². The molecule has 0 saturated heterocycles. The lowest BCUT2D eigenvalue weighted by Gasteiger charge is -2.31. The summed E-state index contributed by atoms with van der Waals surface area (Å²) >= 11 is 6.07. The van der Waals surface area contributed by atoms with Crippen molar-refractivity contribution in [2.24, 2.45) is 5.41 Å². The van der Waals surface area contributed by atoms with E-state index in [-0.39, 0.29) is 17.1 Å². The van der Waals surface area contributed by atoms with Crippen molar-refractivity contribution in [3.05, 3.63) is 51.9 Å². The van der Waals surface area contributed by atoms with Crippen molar-refractivity contribution in [1.82, 2.24) is 0 Å². The largest absolute Gasteiger partial charge is 0.455 e. The number of fused-ring (bicyclic) bond motifs is 1. The van der Waals surface area contributed by atoms with Crippen molar-refractivity contribution in [3.8, 4) is 0 Å². The third-order valence-corrected chi connectivity index (χ3v) is 4.65. The molecule has 23 heavy (non-hydrogen) atoms. The van der Waals surface area contributed by atoms with Gasteiger partial charge in [0.15, 0.2) is 5.76 Å². The number of hydrogen-bond acceptors (Lipinski definition) is 3. The van der Waals surface area contributed by atoms with Crippen LogP contribution >= 0.6 is 11.6 Å². The second kappa shape index (κ2) is 5.69. The topological polar surface area (TPSA) is 62.5 Å². The highest BCUT2D eigenvalue weighted by molar-refractivity contribution is 6.33. The Morgan fingerprint density at radius 3 is 2.78 bits per heavy atom. The van der Waals surface area contributed by atoms with E-state index in [4.69, 9.17) is 16.0 Å². The normalized spacial score (nSPS) is 19.3. The van der Waals surface area contributed by atoms with Crippen molar-refractivity contribution in [3.63, 3.8) is 0 Å². The molecule has 0 bridgehead atoms. The maximum absolute atomic E-state index is 12.5. The number of benzene rings is 1. The zero-order valence-electron chi connectivity index (χ0n) is 13.4. The molecule has 0 unspecified atom stereocenters. The highest BCUT2D eigenvalue weighted by Gasteiger charge is 2.37. The van der Waals surface area contributed by atoms with E-state index in [0.29, 0.717) is 34.9 Å². The quantitative estimate of drug-likeness (QED) is 0.850. The van der Waals surface area contributed by atoms with Crippen LogP contribution in [0.1, 0.15) is 53.8 Å². The standard InChI is InChI=1S/C18H20ClNO3/c1-10-15-13(21)8-18(2,3)9-14(15)23-16(10)17(22)20-12-7-5-4-6-11(12)19/h4-7,13,21H,8-9H2,1-3H3,(H,20,22)/t13-/m0/s1. The van der Waals surface area contributed by atoms with Crippen LogP contribution in [0.2, 0.25) is 5.02 Å². The van der Waals surface area contributed by atoms with Crippen molar-refractivity contribution in [2.75, 3.05) is 5.32 Å². The number of anilines is 1. The average molecular weight is 334 g/mol. The fourth-order valence-corrected chi connectivity index (χ4v) is 3.43. The van der Waals surface area contributed by atoms with E-state index >= 15 is 0 Å². The first-order valence-electron chi connectivity index (χ1n) is 7.64. The van der Waals surface area contributed by atoms with Gasteiger partial charge in [-0.05, 0) is 30.9 Å². The molecule has 0 saturated carbocycles. The number of aliphatic hydroxyl groups excluding tert-OH is 1. The van der Waals surface area contributed by atoms with Gasteiger partial charge in [0.25, 0.3) is 5.91 Å². The third kappa shape index (κ3) is 3.01. The van der Waals surface area contributed by atoms with Gasteiger partial charge in [-0.1, -0.05) is 37.6 Å². The Morgan fingerprint density at radius 2 is 2.09 bits per heavy atom. The van der Waals surface area contributed by atoms with Crippen LogP contribution in [-0.2, 0) is 6.42 Å². The van der Waals surface area contributed by atoms with E-state index in [1.165, 1.54) is 0 Å². The zero-order valence-corrected chi connectivity index (χ0v) is 14.2. The number of carbonyl (C=O) groups is 1. The molecule has 0 aliphatic heterocycles. The SMILES string of the molecule is Cc1c(C(=O)Nc2ccccc2Cl)oc2c1[C@@H](O)CC(C)(C)C2. The van der Waals surface area contributed by atoms with Crippen LogP contribution in [0.5, 0.6) is 0 Å². The van der Waals surface area contributed by atoms with E-state index in [9.17, 15) is 9.90 Å². The molecule has 0 radical (unpaired) electrons. The number of amides is 1. The molecule has 122 valence electrons. The number of nitrogens with one attached hydrogen (secondary N) is 1. The maximum Gasteiger partial charge on any atom is 0.291 e. The zero-order chi connectivity index (χ0) is 16.8. The summed E-state index contributed by atoms with van der Waals surface area (Å²) in [4.78, 5) is 12.5. The lowest BCUT2D eigenvalue weighted by atomic mass is 9.75. The van der Waals surface area contributed by atoms with Crippen LogP contribution in [0.3, 0.4) is 0 Å². The summed E-state index contributed by atoms with van der Waals surface area (Å²) in [5.74, 6) is 0.595. The van der Waals surface area contributed by atoms with Gasteiger partial charge in [0.05, 0.1) is 16.8 Å². The van der Waals surface area contributed by atoms with Gasteiger partial charge in [0, 0.05) is 17.5 Å². The van der Waals surface area contributed by atoms with Gasteiger partial charge >= 0.3 is 0 Å². The Kier molecular flexibility index (Phi) is 3.98. The molecule has 2 aromatic rings. The van der Waals surface area contributed by atoms with Crippen LogP contribution in [0.25, 0.3) is 0 Å².